The average molecular weight is 289 g/mol. The number of hydrogen-bond donors (Lipinski definition) is 2. The molecule has 5 nitrogen and oxygen atoms in total. The number of benzene rings is 1. The normalized spacial score (nSPS) is 22.9. The lowest BCUT2D eigenvalue weighted by Gasteiger charge is -2.21. The van der Waals surface area contributed by atoms with Crippen LogP contribution in [0.4, 0.5) is 0 Å². The van der Waals surface area contributed by atoms with Gasteiger partial charge in [0.15, 0.2) is 0 Å². The van der Waals surface area contributed by atoms with E-state index in [1.807, 2.05) is 23.1 Å². The second-order valence-electron chi connectivity index (χ2n) is 5.68. The van der Waals surface area contributed by atoms with Crippen molar-refractivity contribution in [2.45, 2.75) is 25.8 Å². The summed E-state index contributed by atoms with van der Waals surface area (Å²) >= 11 is 0. The molecule has 0 bridgehead atoms. The van der Waals surface area contributed by atoms with Crippen LogP contribution >= 0.6 is 0 Å². The lowest BCUT2D eigenvalue weighted by Crippen LogP contribution is -2.45. The molecule has 1 unspecified atom stereocenters. The molecule has 1 aromatic carbocycles. The van der Waals surface area contributed by atoms with Crippen LogP contribution in [0.15, 0.2) is 30.3 Å². The molecule has 1 aromatic rings. The second-order valence-corrected chi connectivity index (χ2v) is 5.68. The summed E-state index contributed by atoms with van der Waals surface area (Å²) in [5.41, 5.74) is 7.09. The smallest absolute Gasteiger partial charge is 0.244 e. The first-order valence-electron chi connectivity index (χ1n) is 7.33. The zero-order chi connectivity index (χ0) is 15.4. The maximum Gasteiger partial charge on any atom is 0.244 e. The van der Waals surface area contributed by atoms with Gasteiger partial charge in [-0.2, -0.15) is 0 Å². The molecule has 3 atom stereocenters. The van der Waals surface area contributed by atoms with Gasteiger partial charge in [0.05, 0.1) is 0 Å². The van der Waals surface area contributed by atoms with Gasteiger partial charge in [0.2, 0.25) is 11.8 Å². The van der Waals surface area contributed by atoms with Crippen LogP contribution in [0.2, 0.25) is 0 Å². The van der Waals surface area contributed by atoms with Gasteiger partial charge in [-0.3, -0.25) is 9.59 Å². The number of hydrogen-bond acceptors (Lipinski definition) is 3. The number of amides is 2. The molecular formula is C16H23N3O2. The largest absolute Gasteiger partial charge is 0.345 e. The molecule has 1 saturated heterocycles. The highest BCUT2D eigenvalue weighted by molar-refractivity contribution is 5.86. The van der Waals surface area contributed by atoms with Crippen LogP contribution in [0.5, 0.6) is 0 Å². The minimum absolute atomic E-state index is 0.0397. The van der Waals surface area contributed by atoms with Gasteiger partial charge < -0.3 is 16.0 Å². The van der Waals surface area contributed by atoms with Gasteiger partial charge in [0.1, 0.15) is 6.04 Å². The molecule has 2 amide bonds. The Morgan fingerprint density at radius 2 is 2.00 bits per heavy atom. The Bertz CT molecular complexity index is 504. The molecule has 3 N–H and O–H groups in total. The van der Waals surface area contributed by atoms with Crippen molar-refractivity contribution in [2.75, 3.05) is 19.6 Å². The second kappa shape index (κ2) is 6.72. The monoisotopic (exact) mass is 289 g/mol. The van der Waals surface area contributed by atoms with E-state index in [4.69, 9.17) is 5.73 Å². The Kier molecular flexibility index (Phi) is 4.96. The zero-order valence-corrected chi connectivity index (χ0v) is 12.6. The summed E-state index contributed by atoms with van der Waals surface area (Å²) in [5, 5.41) is 2.65. The van der Waals surface area contributed by atoms with Gasteiger partial charge in [-0.1, -0.05) is 30.3 Å². The maximum absolute atomic E-state index is 12.4. The third-order valence-corrected chi connectivity index (χ3v) is 4.07. The van der Waals surface area contributed by atoms with E-state index in [1.54, 1.807) is 6.92 Å². The van der Waals surface area contributed by atoms with E-state index in [1.165, 1.54) is 12.5 Å². The molecule has 114 valence electrons. The van der Waals surface area contributed by atoms with Crippen molar-refractivity contribution in [3.63, 3.8) is 0 Å². The molecule has 5 heteroatoms. The minimum atomic E-state index is -0.490. The standard InChI is InChI=1S/C16H23N3O2/c1-11(18-12(2)20)16(21)19-9-14(8-17)15(10-19)13-6-4-3-5-7-13/h3-7,11,14-15H,8-10,17H2,1-2H3,(H,18,20)/t11?,14-,15+/m1/s1. The van der Waals surface area contributed by atoms with E-state index < -0.39 is 6.04 Å². The molecule has 21 heavy (non-hydrogen) atoms. The first kappa shape index (κ1) is 15.5. The maximum atomic E-state index is 12.4. The summed E-state index contributed by atoms with van der Waals surface area (Å²) in [7, 11) is 0. The Balaban J connectivity index is 2.08. The van der Waals surface area contributed by atoms with Gasteiger partial charge in [0, 0.05) is 25.9 Å². The first-order chi connectivity index (χ1) is 10.0. The number of carbonyl (C=O) groups is 2. The third kappa shape index (κ3) is 3.61. The molecule has 0 spiro atoms. The van der Waals surface area contributed by atoms with Gasteiger partial charge in [0.25, 0.3) is 0 Å². The molecule has 0 radical (unpaired) electrons. The third-order valence-electron chi connectivity index (χ3n) is 4.07. The van der Waals surface area contributed by atoms with Crippen molar-refractivity contribution in [3.8, 4) is 0 Å². The lowest BCUT2D eigenvalue weighted by molar-refractivity contribution is -0.134. The molecule has 0 saturated carbocycles. The fourth-order valence-corrected chi connectivity index (χ4v) is 3.01. The van der Waals surface area contributed by atoms with E-state index in [0.717, 1.165) is 0 Å². The van der Waals surface area contributed by atoms with Crippen molar-refractivity contribution in [1.29, 1.82) is 0 Å². The Morgan fingerprint density at radius 3 is 2.57 bits per heavy atom. The van der Waals surface area contributed by atoms with Crippen molar-refractivity contribution < 1.29 is 9.59 Å². The van der Waals surface area contributed by atoms with Gasteiger partial charge >= 0.3 is 0 Å². The summed E-state index contributed by atoms with van der Waals surface area (Å²) in [4.78, 5) is 25.3. The molecule has 1 aliphatic rings. The molecule has 1 aliphatic heterocycles. The van der Waals surface area contributed by atoms with Crippen molar-refractivity contribution in [3.05, 3.63) is 35.9 Å². The number of carbonyl (C=O) groups excluding carboxylic acids is 2. The molecule has 1 heterocycles. The van der Waals surface area contributed by atoms with Crippen LogP contribution in [0.3, 0.4) is 0 Å². The molecule has 2 rings (SSSR count). The van der Waals surface area contributed by atoms with E-state index in [-0.39, 0.29) is 23.7 Å². The molecule has 0 aliphatic carbocycles. The Hall–Kier alpha value is -1.88. The quantitative estimate of drug-likeness (QED) is 0.857. The van der Waals surface area contributed by atoms with Crippen LogP contribution in [-0.2, 0) is 9.59 Å². The van der Waals surface area contributed by atoms with E-state index in [0.29, 0.717) is 19.6 Å². The van der Waals surface area contributed by atoms with Crippen molar-refractivity contribution >= 4 is 11.8 Å². The van der Waals surface area contributed by atoms with E-state index in [9.17, 15) is 9.59 Å². The predicted molar refractivity (Wildman–Crippen MR) is 81.6 cm³/mol. The molecule has 1 fully saturated rings. The minimum Gasteiger partial charge on any atom is -0.345 e. The average Bonchev–Trinajstić information content (AvgIpc) is 2.90. The fourth-order valence-electron chi connectivity index (χ4n) is 3.01. The van der Waals surface area contributed by atoms with Crippen LogP contribution in [0, 0.1) is 5.92 Å². The Labute approximate surface area is 125 Å². The van der Waals surface area contributed by atoms with Gasteiger partial charge in [-0.15, -0.1) is 0 Å². The van der Waals surface area contributed by atoms with E-state index in [2.05, 4.69) is 17.4 Å². The zero-order valence-electron chi connectivity index (χ0n) is 12.6. The number of rotatable bonds is 4. The number of nitrogens with two attached hydrogens (primary N) is 1. The fraction of sp³-hybridized carbons (Fsp3) is 0.500. The lowest BCUT2D eigenvalue weighted by atomic mass is 9.89. The Morgan fingerprint density at radius 1 is 1.33 bits per heavy atom. The van der Waals surface area contributed by atoms with Crippen LogP contribution in [0.25, 0.3) is 0 Å². The van der Waals surface area contributed by atoms with Gasteiger partial charge in [-0.05, 0) is 24.9 Å². The molecular weight excluding hydrogens is 266 g/mol. The van der Waals surface area contributed by atoms with Crippen molar-refractivity contribution in [2.24, 2.45) is 11.7 Å². The SMILES string of the molecule is CC(=O)NC(C)C(=O)N1C[C@@H](CN)[C@H](c2ccccc2)C1. The first-order valence-corrected chi connectivity index (χ1v) is 7.33. The van der Waals surface area contributed by atoms with Crippen molar-refractivity contribution in [1.82, 2.24) is 10.2 Å². The highest BCUT2D eigenvalue weighted by atomic mass is 16.2. The summed E-state index contributed by atoms with van der Waals surface area (Å²) in [6.07, 6.45) is 0. The van der Waals surface area contributed by atoms with Crippen LogP contribution in [-0.4, -0.2) is 42.4 Å². The highest BCUT2D eigenvalue weighted by Gasteiger charge is 2.36. The molecule has 0 aromatic heterocycles. The summed E-state index contributed by atoms with van der Waals surface area (Å²) < 4.78 is 0. The van der Waals surface area contributed by atoms with Crippen LogP contribution < -0.4 is 11.1 Å². The van der Waals surface area contributed by atoms with Gasteiger partial charge in [-0.25, -0.2) is 0 Å². The van der Waals surface area contributed by atoms with Crippen LogP contribution in [0.1, 0.15) is 25.3 Å². The number of nitrogens with zero attached hydrogens (tertiary/aromatic N) is 1. The van der Waals surface area contributed by atoms with E-state index >= 15 is 0 Å². The highest BCUT2D eigenvalue weighted by Crippen LogP contribution is 2.32. The number of likely N-dealkylation sites (tertiary alicyclic amines) is 1. The predicted octanol–water partition coefficient (Wildman–Crippen LogP) is 0.712. The summed E-state index contributed by atoms with van der Waals surface area (Å²) in [6, 6.07) is 9.67. The summed E-state index contributed by atoms with van der Waals surface area (Å²) in [5.74, 6) is 0.303. The topological polar surface area (TPSA) is 75.4 Å². The summed E-state index contributed by atoms with van der Waals surface area (Å²) in [6.45, 7) is 5.01. The number of nitrogens with one attached hydrogen (secondary N) is 1.